The monoisotopic (exact) mass is 290 g/mol. The molecule has 0 fully saturated rings. The number of aromatic nitrogens is 2. The number of para-hydroxylation sites is 1. The number of phenols is 1. The fourth-order valence-corrected chi connectivity index (χ4v) is 1.92. The molecule has 0 saturated carbocycles. The van der Waals surface area contributed by atoms with Crippen LogP contribution in [-0.4, -0.2) is 31.5 Å². The number of amides is 1. The van der Waals surface area contributed by atoms with Crippen LogP contribution >= 0.6 is 0 Å². The molecule has 1 aromatic heterocycles. The minimum absolute atomic E-state index is 0.123. The number of nitrogens with one attached hydrogen (secondary N) is 1. The summed E-state index contributed by atoms with van der Waals surface area (Å²) < 4.78 is 1.79. The summed E-state index contributed by atoms with van der Waals surface area (Å²) in [5.41, 5.74) is -0.619. The Labute approximate surface area is 120 Å². The summed E-state index contributed by atoms with van der Waals surface area (Å²) in [6.45, 7) is 2.29. The van der Waals surface area contributed by atoms with Gasteiger partial charge >= 0.3 is 5.69 Å². The van der Waals surface area contributed by atoms with E-state index in [1.165, 1.54) is 12.1 Å². The van der Waals surface area contributed by atoms with Gasteiger partial charge in [-0.2, -0.15) is 0 Å². The zero-order chi connectivity index (χ0) is 15.4. The number of rotatable bonds is 5. The van der Waals surface area contributed by atoms with Crippen molar-refractivity contribution >= 4 is 11.6 Å². The van der Waals surface area contributed by atoms with Crippen LogP contribution in [-0.2, 0) is 6.54 Å². The van der Waals surface area contributed by atoms with Gasteiger partial charge in [0.1, 0.15) is 0 Å². The van der Waals surface area contributed by atoms with Gasteiger partial charge in [0.05, 0.1) is 16.8 Å². The Morgan fingerprint density at radius 1 is 1.57 bits per heavy atom. The minimum Gasteiger partial charge on any atom is -0.502 e. The van der Waals surface area contributed by atoms with Gasteiger partial charge in [-0.15, -0.1) is 0 Å². The van der Waals surface area contributed by atoms with Crippen molar-refractivity contribution in [1.29, 1.82) is 0 Å². The van der Waals surface area contributed by atoms with Crippen LogP contribution < -0.4 is 5.32 Å². The van der Waals surface area contributed by atoms with Gasteiger partial charge < -0.3 is 15.0 Å². The Kier molecular flexibility index (Phi) is 4.17. The Morgan fingerprint density at radius 3 is 2.95 bits per heavy atom. The van der Waals surface area contributed by atoms with Crippen molar-refractivity contribution in [3.8, 4) is 5.75 Å². The molecule has 21 heavy (non-hydrogen) atoms. The van der Waals surface area contributed by atoms with Crippen molar-refractivity contribution in [3.63, 3.8) is 0 Å². The number of nitrogens with zero attached hydrogens (tertiary/aromatic N) is 3. The molecule has 0 bridgehead atoms. The lowest BCUT2D eigenvalue weighted by molar-refractivity contribution is -0.385. The highest BCUT2D eigenvalue weighted by Crippen LogP contribution is 2.29. The number of aromatic hydroxyl groups is 1. The van der Waals surface area contributed by atoms with Crippen molar-refractivity contribution in [2.45, 2.75) is 19.5 Å². The van der Waals surface area contributed by atoms with Crippen LogP contribution in [0.5, 0.6) is 5.75 Å². The number of hydrogen-bond donors (Lipinski definition) is 2. The molecule has 2 aromatic rings. The SMILES string of the molecule is CC(Cn1ccnc1)NC(=O)c1cccc([N+](=O)[O-])c1O. The zero-order valence-electron chi connectivity index (χ0n) is 11.3. The van der Waals surface area contributed by atoms with Crippen molar-refractivity contribution in [2.24, 2.45) is 0 Å². The fourth-order valence-electron chi connectivity index (χ4n) is 1.92. The molecule has 0 aliphatic rings. The van der Waals surface area contributed by atoms with E-state index in [4.69, 9.17) is 0 Å². The molecule has 2 N–H and O–H groups in total. The second-order valence-corrected chi connectivity index (χ2v) is 4.56. The number of nitro groups is 1. The second-order valence-electron chi connectivity index (χ2n) is 4.56. The van der Waals surface area contributed by atoms with E-state index in [-0.39, 0.29) is 11.6 Å². The van der Waals surface area contributed by atoms with Crippen LogP contribution in [0.1, 0.15) is 17.3 Å². The van der Waals surface area contributed by atoms with Crippen LogP contribution in [0.25, 0.3) is 0 Å². The van der Waals surface area contributed by atoms with Gasteiger partial charge in [-0.05, 0) is 13.0 Å². The normalized spacial score (nSPS) is 11.9. The number of carbonyl (C=O) groups is 1. The largest absolute Gasteiger partial charge is 0.502 e. The lowest BCUT2D eigenvalue weighted by Crippen LogP contribution is -2.35. The predicted octanol–water partition coefficient (Wildman–Crippen LogP) is 1.32. The van der Waals surface area contributed by atoms with Crippen LogP contribution in [0.2, 0.25) is 0 Å². The molecule has 1 heterocycles. The molecule has 110 valence electrons. The van der Waals surface area contributed by atoms with Crippen LogP contribution in [0, 0.1) is 10.1 Å². The average molecular weight is 290 g/mol. The molecule has 0 radical (unpaired) electrons. The third-order valence-electron chi connectivity index (χ3n) is 2.88. The lowest BCUT2D eigenvalue weighted by Gasteiger charge is -2.14. The Morgan fingerprint density at radius 2 is 2.33 bits per heavy atom. The molecule has 0 saturated heterocycles. The highest BCUT2D eigenvalue weighted by Gasteiger charge is 2.21. The van der Waals surface area contributed by atoms with E-state index in [2.05, 4.69) is 10.3 Å². The Balaban J connectivity index is 2.10. The molecule has 8 heteroatoms. The van der Waals surface area contributed by atoms with Gasteiger partial charge in [-0.3, -0.25) is 14.9 Å². The molecule has 0 spiro atoms. The number of phenolic OH excluding ortho intramolecular Hbond substituents is 1. The number of benzene rings is 1. The van der Waals surface area contributed by atoms with Crippen LogP contribution in [0.15, 0.2) is 36.9 Å². The maximum atomic E-state index is 12.1. The first kappa shape index (κ1) is 14.5. The summed E-state index contributed by atoms with van der Waals surface area (Å²) in [5, 5.41) is 23.2. The third-order valence-corrected chi connectivity index (χ3v) is 2.88. The molecule has 0 aliphatic carbocycles. The summed E-state index contributed by atoms with van der Waals surface area (Å²) in [5.74, 6) is -1.20. The van der Waals surface area contributed by atoms with Gasteiger partial charge in [0, 0.05) is 31.0 Å². The summed E-state index contributed by atoms with van der Waals surface area (Å²) in [7, 11) is 0. The van der Waals surface area contributed by atoms with Crippen molar-refractivity contribution in [2.75, 3.05) is 0 Å². The maximum Gasteiger partial charge on any atom is 0.311 e. The van der Waals surface area contributed by atoms with Crippen molar-refractivity contribution < 1.29 is 14.8 Å². The van der Waals surface area contributed by atoms with Crippen LogP contribution in [0.4, 0.5) is 5.69 Å². The van der Waals surface area contributed by atoms with Crippen molar-refractivity contribution in [3.05, 3.63) is 52.6 Å². The molecule has 8 nitrogen and oxygen atoms in total. The standard InChI is InChI=1S/C13H14N4O4/c1-9(7-16-6-5-14-8-16)15-13(19)10-3-2-4-11(12(10)18)17(20)21/h2-6,8-9,18H,7H2,1H3,(H,15,19). The van der Waals surface area contributed by atoms with Crippen molar-refractivity contribution in [1.82, 2.24) is 14.9 Å². The van der Waals surface area contributed by atoms with Gasteiger partial charge in [0.25, 0.3) is 5.91 Å². The van der Waals surface area contributed by atoms with Gasteiger partial charge in [0.15, 0.2) is 0 Å². The summed E-state index contributed by atoms with van der Waals surface area (Å²) in [6.07, 6.45) is 5.00. The highest BCUT2D eigenvalue weighted by atomic mass is 16.6. The summed E-state index contributed by atoms with van der Waals surface area (Å²) >= 11 is 0. The summed E-state index contributed by atoms with van der Waals surface area (Å²) in [6, 6.07) is 3.60. The molecule has 0 aliphatic heterocycles. The minimum atomic E-state index is -0.735. The molecule has 2 rings (SSSR count). The molecular formula is C13H14N4O4. The number of imidazole rings is 1. The Hall–Kier alpha value is -2.90. The molecule has 1 unspecified atom stereocenters. The molecule has 1 amide bonds. The van der Waals surface area contributed by atoms with Gasteiger partial charge in [-0.25, -0.2) is 4.98 Å². The van der Waals surface area contributed by atoms with Gasteiger partial charge in [-0.1, -0.05) is 6.07 Å². The van der Waals surface area contributed by atoms with E-state index in [1.807, 2.05) is 0 Å². The molecule has 1 aromatic carbocycles. The number of hydrogen-bond acceptors (Lipinski definition) is 5. The highest BCUT2D eigenvalue weighted by molar-refractivity contribution is 5.98. The average Bonchev–Trinajstić information content (AvgIpc) is 2.91. The van der Waals surface area contributed by atoms with E-state index < -0.39 is 22.3 Å². The van der Waals surface area contributed by atoms with E-state index in [9.17, 15) is 20.0 Å². The fraction of sp³-hybridized carbons (Fsp3) is 0.231. The number of nitro benzene ring substituents is 1. The Bertz CT molecular complexity index is 654. The lowest BCUT2D eigenvalue weighted by atomic mass is 10.1. The van der Waals surface area contributed by atoms with E-state index in [0.717, 1.165) is 6.07 Å². The first-order valence-corrected chi connectivity index (χ1v) is 6.22. The van der Waals surface area contributed by atoms with E-state index in [0.29, 0.717) is 6.54 Å². The van der Waals surface area contributed by atoms with Crippen LogP contribution in [0.3, 0.4) is 0 Å². The predicted molar refractivity (Wildman–Crippen MR) is 73.9 cm³/mol. The zero-order valence-corrected chi connectivity index (χ0v) is 11.3. The first-order valence-electron chi connectivity index (χ1n) is 6.22. The van der Waals surface area contributed by atoms with E-state index in [1.54, 1.807) is 30.2 Å². The topological polar surface area (TPSA) is 110 Å². The first-order chi connectivity index (χ1) is 9.99. The smallest absolute Gasteiger partial charge is 0.311 e. The quantitative estimate of drug-likeness (QED) is 0.637. The third kappa shape index (κ3) is 3.35. The van der Waals surface area contributed by atoms with Gasteiger partial charge in [0.2, 0.25) is 5.75 Å². The summed E-state index contributed by atoms with van der Waals surface area (Å²) in [4.78, 5) is 26.0. The maximum absolute atomic E-state index is 12.1. The second kappa shape index (κ2) is 6.04. The number of carbonyl (C=O) groups excluding carboxylic acids is 1. The molecule has 1 atom stereocenters. The van der Waals surface area contributed by atoms with E-state index >= 15 is 0 Å². The molecular weight excluding hydrogens is 276 g/mol.